The van der Waals surface area contributed by atoms with Crippen molar-refractivity contribution in [2.24, 2.45) is 0 Å². The van der Waals surface area contributed by atoms with Gasteiger partial charge in [0.15, 0.2) is 0 Å². The molecule has 1 saturated carbocycles. The van der Waals surface area contributed by atoms with Crippen molar-refractivity contribution in [1.29, 1.82) is 0 Å². The molecule has 3 nitrogen and oxygen atoms in total. The zero-order chi connectivity index (χ0) is 15.0. The fraction of sp³-hybridized carbons (Fsp3) is 0.412. The fourth-order valence-corrected chi connectivity index (χ4v) is 2.65. The van der Waals surface area contributed by atoms with Crippen molar-refractivity contribution >= 4 is 11.6 Å². The SMILES string of the molecule is Cc1cc(Oc2cc(Cl)nc(C3CC3)n2)ccc1C(C)C. The highest BCUT2D eigenvalue weighted by Crippen LogP contribution is 2.39. The van der Waals surface area contributed by atoms with Gasteiger partial charge in [-0.25, -0.2) is 4.98 Å². The fourth-order valence-electron chi connectivity index (χ4n) is 2.47. The first kappa shape index (κ1) is 14.3. The number of rotatable bonds is 4. The van der Waals surface area contributed by atoms with Crippen LogP contribution in [0.4, 0.5) is 0 Å². The molecule has 0 unspecified atom stereocenters. The zero-order valence-electron chi connectivity index (χ0n) is 12.6. The molecule has 0 atom stereocenters. The van der Waals surface area contributed by atoms with Crippen molar-refractivity contribution in [3.63, 3.8) is 0 Å². The van der Waals surface area contributed by atoms with Gasteiger partial charge in [-0.15, -0.1) is 0 Å². The average molecular weight is 303 g/mol. The summed E-state index contributed by atoms with van der Waals surface area (Å²) in [4.78, 5) is 8.73. The summed E-state index contributed by atoms with van der Waals surface area (Å²) in [6.07, 6.45) is 2.28. The van der Waals surface area contributed by atoms with Crippen LogP contribution in [-0.2, 0) is 0 Å². The summed E-state index contributed by atoms with van der Waals surface area (Å²) in [5, 5.41) is 0.442. The van der Waals surface area contributed by atoms with E-state index in [1.165, 1.54) is 11.1 Å². The number of aromatic nitrogens is 2. The lowest BCUT2D eigenvalue weighted by molar-refractivity contribution is 0.458. The molecular formula is C17H19ClN2O. The number of halogens is 1. The molecule has 0 aliphatic heterocycles. The number of ether oxygens (including phenoxy) is 1. The van der Waals surface area contributed by atoms with E-state index in [-0.39, 0.29) is 0 Å². The van der Waals surface area contributed by atoms with Gasteiger partial charge in [-0.2, -0.15) is 4.98 Å². The number of aryl methyl sites for hydroxylation is 1. The molecule has 1 heterocycles. The van der Waals surface area contributed by atoms with Crippen molar-refractivity contribution in [3.8, 4) is 11.6 Å². The minimum absolute atomic E-state index is 0.442. The first-order valence-corrected chi connectivity index (χ1v) is 7.73. The first-order chi connectivity index (χ1) is 10.0. The lowest BCUT2D eigenvalue weighted by Gasteiger charge is -2.12. The lowest BCUT2D eigenvalue weighted by Crippen LogP contribution is -1.97. The van der Waals surface area contributed by atoms with Crippen LogP contribution in [0.5, 0.6) is 11.6 Å². The molecule has 1 aliphatic rings. The molecule has 0 bridgehead atoms. The topological polar surface area (TPSA) is 35.0 Å². The van der Waals surface area contributed by atoms with Crippen LogP contribution in [0.25, 0.3) is 0 Å². The minimum atomic E-state index is 0.442. The molecule has 1 fully saturated rings. The first-order valence-electron chi connectivity index (χ1n) is 7.36. The van der Waals surface area contributed by atoms with Gasteiger partial charge in [-0.1, -0.05) is 31.5 Å². The predicted octanol–water partition coefficient (Wildman–Crippen LogP) is 5.23. The minimum Gasteiger partial charge on any atom is -0.439 e. The summed E-state index contributed by atoms with van der Waals surface area (Å²) >= 11 is 6.06. The quantitative estimate of drug-likeness (QED) is 0.725. The Morgan fingerprint density at radius 3 is 2.57 bits per heavy atom. The van der Waals surface area contributed by atoms with Crippen LogP contribution in [0, 0.1) is 6.92 Å². The van der Waals surface area contributed by atoms with E-state index in [4.69, 9.17) is 16.3 Å². The summed E-state index contributed by atoms with van der Waals surface area (Å²) in [6, 6.07) is 7.80. The monoisotopic (exact) mass is 302 g/mol. The van der Waals surface area contributed by atoms with Gasteiger partial charge in [0.2, 0.25) is 5.88 Å². The van der Waals surface area contributed by atoms with Gasteiger partial charge >= 0.3 is 0 Å². The molecule has 0 spiro atoms. The van der Waals surface area contributed by atoms with Crippen LogP contribution in [0.1, 0.15) is 55.5 Å². The Balaban J connectivity index is 1.84. The molecule has 0 radical (unpaired) electrons. The molecule has 1 aliphatic carbocycles. The maximum atomic E-state index is 6.06. The van der Waals surface area contributed by atoms with Crippen LogP contribution >= 0.6 is 11.6 Å². The van der Waals surface area contributed by atoms with Crippen molar-refractivity contribution < 1.29 is 4.74 Å². The largest absolute Gasteiger partial charge is 0.439 e. The lowest BCUT2D eigenvalue weighted by atomic mass is 9.98. The molecule has 2 aromatic rings. The molecular weight excluding hydrogens is 284 g/mol. The van der Waals surface area contributed by atoms with Crippen molar-refractivity contribution in [2.45, 2.75) is 45.4 Å². The Kier molecular flexibility index (Phi) is 3.85. The molecule has 0 saturated heterocycles. The third-order valence-electron chi connectivity index (χ3n) is 3.72. The molecule has 1 aromatic carbocycles. The Labute approximate surface area is 130 Å². The molecule has 0 N–H and O–H groups in total. The van der Waals surface area contributed by atoms with Crippen LogP contribution in [0.3, 0.4) is 0 Å². The van der Waals surface area contributed by atoms with E-state index in [1.807, 2.05) is 12.1 Å². The third kappa shape index (κ3) is 3.35. The van der Waals surface area contributed by atoms with E-state index in [9.17, 15) is 0 Å². The van der Waals surface area contributed by atoms with Crippen molar-refractivity contribution in [1.82, 2.24) is 9.97 Å². The number of benzene rings is 1. The van der Waals surface area contributed by atoms with Gasteiger partial charge in [0.05, 0.1) is 0 Å². The highest BCUT2D eigenvalue weighted by Gasteiger charge is 2.27. The average Bonchev–Trinajstić information content (AvgIpc) is 3.21. The second kappa shape index (κ2) is 5.64. The van der Waals surface area contributed by atoms with Gasteiger partial charge in [0.25, 0.3) is 0 Å². The standard InChI is InChI=1S/C17H19ClN2O/c1-10(2)14-7-6-13(8-11(14)3)21-16-9-15(18)19-17(20-16)12-4-5-12/h6-10,12H,4-5H2,1-3H3. The highest BCUT2D eigenvalue weighted by atomic mass is 35.5. The summed E-state index contributed by atoms with van der Waals surface area (Å²) in [6.45, 7) is 6.48. The highest BCUT2D eigenvalue weighted by molar-refractivity contribution is 6.29. The normalized spacial score (nSPS) is 14.5. The molecule has 21 heavy (non-hydrogen) atoms. The Morgan fingerprint density at radius 1 is 1.19 bits per heavy atom. The van der Waals surface area contributed by atoms with Crippen LogP contribution in [0.2, 0.25) is 5.15 Å². The predicted molar refractivity (Wildman–Crippen MR) is 84.4 cm³/mol. The van der Waals surface area contributed by atoms with Gasteiger partial charge in [-0.05, 0) is 48.9 Å². The van der Waals surface area contributed by atoms with E-state index in [2.05, 4.69) is 36.8 Å². The van der Waals surface area contributed by atoms with Crippen molar-refractivity contribution in [3.05, 3.63) is 46.4 Å². The number of hydrogen-bond acceptors (Lipinski definition) is 3. The van der Waals surface area contributed by atoms with E-state index >= 15 is 0 Å². The maximum Gasteiger partial charge on any atom is 0.224 e. The Bertz CT molecular complexity index is 666. The molecule has 1 aromatic heterocycles. The third-order valence-corrected chi connectivity index (χ3v) is 3.91. The van der Waals surface area contributed by atoms with Gasteiger partial charge in [0, 0.05) is 12.0 Å². The zero-order valence-corrected chi connectivity index (χ0v) is 13.3. The number of nitrogens with zero attached hydrogens (tertiary/aromatic N) is 2. The second-order valence-corrected chi connectivity index (χ2v) is 6.32. The molecule has 110 valence electrons. The van der Waals surface area contributed by atoms with Gasteiger partial charge in [-0.3, -0.25) is 0 Å². The van der Waals surface area contributed by atoms with E-state index in [0.29, 0.717) is 22.9 Å². The second-order valence-electron chi connectivity index (χ2n) is 5.94. The van der Waals surface area contributed by atoms with Crippen molar-refractivity contribution in [2.75, 3.05) is 0 Å². The summed E-state index contributed by atoms with van der Waals surface area (Å²) < 4.78 is 5.86. The Morgan fingerprint density at radius 2 is 1.95 bits per heavy atom. The van der Waals surface area contributed by atoms with E-state index in [1.54, 1.807) is 6.07 Å². The smallest absolute Gasteiger partial charge is 0.224 e. The van der Waals surface area contributed by atoms with Crippen LogP contribution in [0.15, 0.2) is 24.3 Å². The molecule has 4 heteroatoms. The molecule has 0 amide bonds. The summed E-state index contributed by atoms with van der Waals surface area (Å²) in [5.74, 6) is 3.07. The van der Waals surface area contributed by atoms with E-state index in [0.717, 1.165) is 24.4 Å². The number of hydrogen-bond donors (Lipinski definition) is 0. The van der Waals surface area contributed by atoms with Gasteiger partial charge in [0.1, 0.15) is 16.7 Å². The van der Waals surface area contributed by atoms with Gasteiger partial charge < -0.3 is 4.74 Å². The maximum absolute atomic E-state index is 6.06. The molecule has 3 rings (SSSR count). The summed E-state index contributed by atoms with van der Waals surface area (Å²) in [5.41, 5.74) is 2.56. The van der Waals surface area contributed by atoms with E-state index < -0.39 is 0 Å². The van der Waals surface area contributed by atoms with Crippen LogP contribution in [-0.4, -0.2) is 9.97 Å². The van der Waals surface area contributed by atoms with Crippen LogP contribution < -0.4 is 4.74 Å². The summed E-state index contributed by atoms with van der Waals surface area (Å²) in [7, 11) is 0. The Hall–Kier alpha value is -1.61.